The normalized spacial score (nSPS) is 15.5. The van der Waals surface area contributed by atoms with Crippen LogP contribution >= 0.6 is 41.3 Å². The van der Waals surface area contributed by atoms with Crippen LogP contribution in [0, 0.1) is 0 Å². The van der Waals surface area contributed by atoms with Gasteiger partial charge in [-0.15, -0.1) is 0 Å². The molecule has 0 aliphatic carbocycles. The molecule has 274 valence electrons. The average Bonchev–Trinajstić information content (AvgIpc) is 3.05. The minimum atomic E-state index is -2.64. The molecule has 0 bridgehead atoms. The number of rotatable bonds is 31. The van der Waals surface area contributed by atoms with Gasteiger partial charge in [0.2, 0.25) is 0 Å². The Balaban J connectivity index is 7.99. The SMILES string of the molecule is CCCCP(=CC(C=CP(Cl)(CCCC)(CCCC)CCCC)P(Cl)(CCCC)(CCCC)CCCC)(CCCC)CCCC. The van der Waals surface area contributed by atoms with E-state index in [1.165, 1.54) is 171 Å². The Morgan fingerprint density at radius 3 is 1.02 bits per heavy atom. The zero-order valence-electron chi connectivity index (χ0n) is 32.5. The second kappa shape index (κ2) is 24.6. The van der Waals surface area contributed by atoms with E-state index >= 15 is 0 Å². The van der Waals surface area contributed by atoms with Crippen molar-refractivity contribution in [2.24, 2.45) is 0 Å². The quantitative estimate of drug-likeness (QED) is 0.0623. The number of hydrogen-bond donors (Lipinski definition) is 0. The molecule has 0 saturated carbocycles. The molecule has 0 N–H and O–H groups in total. The molecule has 45 heavy (non-hydrogen) atoms. The van der Waals surface area contributed by atoms with Gasteiger partial charge in [-0.3, -0.25) is 0 Å². The minimum absolute atomic E-state index is 0.436. The van der Waals surface area contributed by atoms with Crippen LogP contribution in [-0.2, 0) is 0 Å². The first kappa shape index (κ1) is 46.5. The summed E-state index contributed by atoms with van der Waals surface area (Å²) in [6.45, 7) is 20.2. The van der Waals surface area contributed by atoms with Gasteiger partial charge < -0.3 is 0 Å². The molecular formula is C40H85Cl2P3. The number of unbranched alkanes of at least 4 members (excludes halogenated alkanes) is 9. The van der Waals surface area contributed by atoms with Crippen molar-refractivity contribution in [2.45, 2.75) is 184 Å². The van der Waals surface area contributed by atoms with Crippen LogP contribution in [-0.4, -0.2) is 66.9 Å². The summed E-state index contributed by atoms with van der Waals surface area (Å²) < 4.78 is 0. The molecule has 0 aromatic heterocycles. The van der Waals surface area contributed by atoms with Gasteiger partial charge in [0.1, 0.15) is 0 Å². The third-order valence-electron chi connectivity index (χ3n) is 11.0. The number of allylic oxidation sites excluding steroid dienone is 1. The van der Waals surface area contributed by atoms with Crippen molar-refractivity contribution in [2.75, 3.05) is 55.5 Å². The number of hydrogen-bond acceptors (Lipinski definition) is 0. The molecule has 0 aliphatic rings. The Labute approximate surface area is 296 Å². The molecule has 0 aromatic rings. The fourth-order valence-electron chi connectivity index (χ4n) is 7.57. The van der Waals surface area contributed by atoms with Crippen molar-refractivity contribution in [3.8, 4) is 0 Å². The van der Waals surface area contributed by atoms with Gasteiger partial charge in [-0.2, -0.15) is 0 Å². The summed E-state index contributed by atoms with van der Waals surface area (Å²) in [6.07, 6.45) is 37.8. The fourth-order valence-corrected chi connectivity index (χ4v) is 27.8. The Morgan fingerprint density at radius 1 is 0.444 bits per heavy atom. The predicted octanol–water partition coefficient (Wildman–Crippen LogP) is 16.3. The molecule has 0 saturated heterocycles. The molecule has 5 heteroatoms. The van der Waals surface area contributed by atoms with E-state index in [0.717, 1.165) is 0 Å². The van der Waals surface area contributed by atoms with E-state index in [0.29, 0.717) is 5.66 Å². The van der Waals surface area contributed by atoms with Crippen molar-refractivity contribution in [3.63, 3.8) is 0 Å². The Kier molecular flexibility index (Phi) is 25.4. The molecule has 0 heterocycles. The van der Waals surface area contributed by atoms with Gasteiger partial charge >= 0.3 is 298 Å². The average molecular weight is 730 g/mol. The van der Waals surface area contributed by atoms with E-state index in [9.17, 15) is 0 Å². The first-order chi connectivity index (χ1) is 21.5. The van der Waals surface area contributed by atoms with Crippen LogP contribution in [0.3, 0.4) is 0 Å². The summed E-state index contributed by atoms with van der Waals surface area (Å²) >= 11 is 17.1. The van der Waals surface area contributed by atoms with Gasteiger partial charge in [-0.05, 0) is 0 Å². The first-order valence-electron chi connectivity index (χ1n) is 20.3. The predicted molar refractivity (Wildman–Crippen MR) is 229 cm³/mol. The Hall–Kier alpha value is 1.48. The van der Waals surface area contributed by atoms with Crippen molar-refractivity contribution in [1.29, 1.82) is 0 Å². The van der Waals surface area contributed by atoms with Crippen molar-refractivity contribution < 1.29 is 0 Å². The maximum absolute atomic E-state index is 8.73. The molecule has 0 aromatic carbocycles. The van der Waals surface area contributed by atoms with Crippen LogP contribution in [0.15, 0.2) is 11.9 Å². The van der Waals surface area contributed by atoms with Gasteiger partial charge in [0.25, 0.3) is 0 Å². The molecular weight excluding hydrogens is 644 g/mol. The fraction of sp³-hybridized carbons (Fsp3) is 0.925. The van der Waals surface area contributed by atoms with Gasteiger partial charge in [-0.1, -0.05) is 0 Å². The van der Waals surface area contributed by atoms with E-state index in [4.69, 9.17) is 22.5 Å². The summed E-state index contributed by atoms with van der Waals surface area (Å²) in [7, 11) is 0. The summed E-state index contributed by atoms with van der Waals surface area (Å²) in [5.41, 5.74) is 0.436. The number of halogens is 2. The topological polar surface area (TPSA) is 0 Å². The van der Waals surface area contributed by atoms with Gasteiger partial charge in [0.05, 0.1) is 0 Å². The van der Waals surface area contributed by atoms with Gasteiger partial charge in [0, 0.05) is 0 Å². The van der Waals surface area contributed by atoms with E-state index in [2.05, 4.69) is 80.0 Å². The molecule has 0 rings (SSSR count). The van der Waals surface area contributed by atoms with Crippen LogP contribution in [0.4, 0.5) is 0 Å². The van der Waals surface area contributed by atoms with Crippen LogP contribution in [0.25, 0.3) is 0 Å². The maximum atomic E-state index is 8.73. The summed E-state index contributed by atoms with van der Waals surface area (Å²) in [5.74, 6) is 0.687. The molecule has 0 aliphatic heterocycles. The van der Waals surface area contributed by atoms with Gasteiger partial charge in [0.15, 0.2) is 0 Å². The summed E-state index contributed by atoms with van der Waals surface area (Å²) in [5, 5.41) is 0. The van der Waals surface area contributed by atoms with Crippen molar-refractivity contribution >= 4 is 47.1 Å². The van der Waals surface area contributed by atoms with E-state index < -0.39 is 18.8 Å². The molecule has 1 atom stereocenters. The Bertz CT molecular complexity index is 743. The van der Waals surface area contributed by atoms with E-state index in [-0.39, 0.29) is 0 Å². The molecule has 0 fully saturated rings. The van der Waals surface area contributed by atoms with Crippen LogP contribution in [0.2, 0.25) is 0 Å². The van der Waals surface area contributed by atoms with Crippen LogP contribution < -0.4 is 0 Å². The zero-order chi connectivity index (χ0) is 34.2. The first-order valence-corrected chi connectivity index (χ1v) is 30.3. The molecule has 0 radical (unpaired) electrons. The van der Waals surface area contributed by atoms with Crippen molar-refractivity contribution in [1.82, 2.24) is 0 Å². The molecule has 0 spiro atoms. The molecule has 1 unspecified atom stereocenters. The third kappa shape index (κ3) is 16.4. The molecule has 0 nitrogen and oxygen atoms in total. The zero-order valence-corrected chi connectivity index (χ0v) is 36.7. The second-order valence-corrected chi connectivity index (χ2v) is 35.1. The molecule has 0 amide bonds. The summed E-state index contributed by atoms with van der Waals surface area (Å²) in [4.78, 5) is 0. The summed E-state index contributed by atoms with van der Waals surface area (Å²) in [6, 6.07) is 0. The standard InChI is InChI=1S/C40H85Cl2P3/c1-10-19-29-43(30-20-11-2,31-21-12-3)39-40(45(42,35-25-16-7,36-26-17-8)37-27-18-9)28-38-44(41,32-22-13-4,33-23-14-5)34-24-15-6/h28,38-40H,10-27,29-37H2,1-9H3. The second-order valence-electron chi connectivity index (χ2n) is 15.2. The third-order valence-corrected chi connectivity index (χ3v) is 30.8. The van der Waals surface area contributed by atoms with E-state index in [1.54, 1.807) is 0 Å². The Morgan fingerprint density at radius 2 is 0.733 bits per heavy atom. The van der Waals surface area contributed by atoms with E-state index in [1.807, 2.05) is 0 Å². The van der Waals surface area contributed by atoms with Crippen LogP contribution in [0.5, 0.6) is 0 Å². The van der Waals surface area contributed by atoms with Gasteiger partial charge in [-0.25, -0.2) is 0 Å². The monoisotopic (exact) mass is 729 g/mol. The van der Waals surface area contributed by atoms with Crippen molar-refractivity contribution in [3.05, 3.63) is 11.9 Å². The van der Waals surface area contributed by atoms with Crippen LogP contribution in [0.1, 0.15) is 178 Å².